The molecular weight excluding hydrogens is 490 g/mol. The molecule has 0 aromatic heterocycles. The maximum absolute atomic E-state index is 12.6. The maximum Gasteiger partial charge on any atom is 0.416 e. The van der Waals surface area contributed by atoms with E-state index in [1.54, 1.807) is 6.08 Å². The van der Waals surface area contributed by atoms with Crippen molar-refractivity contribution in [2.45, 2.75) is 45.7 Å². The molecule has 0 bridgehead atoms. The topological polar surface area (TPSA) is 40.0 Å². The second-order valence-electron chi connectivity index (χ2n) is 7.48. The first kappa shape index (κ1) is 27.9. The second kappa shape index (κ2) is 14.1. The first-order chi connectivity index (χ1) is 16.2. The second-order valence-corrected chi connectivity index (χ2v) is 8.49. The molecule has 34 heavy (non-hydrogen) atoms. The van der Waals surface area contributed by atoms with Gasteiger partial charge in [0.1, 0.15) is 29.2 Å². The Balaban J connectivity index is 1.68. The summed E-state index contributed by atoms with van der Waals surface area (Å²) in [6, 6.07) is 8.62. The van der Waals surface area contributed by atoms with Crippen molar-refractivity contribution in [1.29, 1.82) is 0 Å². The third kappa shape index (κ3) is 9.85. The van der Waals surface area contributed by atoms with Crippen LogP contribution in [0.1, 0.15) is 48.4 Å². The summed E-state index contributed by atoms with van der Waals surface area (Å²) >= 11 is 11.2. The van der Waals surface area contributed by atoms with Gasteiger partial charge in [-0.1, -0.05) is 47.4 Å². The predicted molar refractivity (Wildman–Crippen MR) is 130 cm³/mol. The molecule has 0 aliphatic rings. The van der Waals surface area contributed by atoms with Crippen LogP contribution in [0.15, 0.2) is 52.1 Å². The van der Waals surface area contributed by atoms with E-state index < -0.39 is 11.7 Å². The van der Waals surface area contributed by atoms with Crippen molar-refractivity contribution in [3.8, 4) is 11.5 Å². The summed E-state index contributed by atoms with van der Waals surface area (Å²) < 4.78 is 49.5. The van der Waals surface area contributed by atoms with Gasteiger partial charge in [-0.05, 0) is 79.6 Å². The minimum absolute atomic E-state index is 0.170. The highest BCUT2D eigenvalue weighted by Crippen LogP contribution is 2.30. The largest absolute Gasteiger partial charge is 0.493 e. The lowest BCUT2D eigenvalue weighted by Crippen LogP contribution is -2.04. The number of oxime groups is 1. The minimum atomic E-state index is -4.35. The van der Waals surface area contributed by atoms with Crippen molar-refractivity contribution in [2.75, 3.05) is 19.8 Å². The summed E-state index contributed by atoms with van der Waals surface area (Å²) in [4.78, 5) is 5.19. The average Bonchev–Trinajstić information content (AvgIpc) is 2.78. The van der Waals surface area contributed by atoms with Gasteiger partial charge in [-0.25, -0.2) is 0 Å². The molecule has 0 atom stereocenters. The highest BCUT2D eigenvalue weighted by Gasteiger charge is 2.29. The van der Waals surface area contributed by atoms with Crippen LogP contribution in [0.5, 0.6) is 11.5 Å². The third-order valence-electron chi connectivity index (χ3n) is 4.83. The minimum Gasteiger partial charge on any atom is -0.493 e. The molecule has 0 amide bonds. The Kier molecular flexibility index (Phi) is 11.6. The SMILES string of the molecule is CCc1cc(OCC=C(Cl)Cl)cc(C)c1OCCCCCON=Cc1ccc(C(F)(F)F)cc1. The van der Waals surface area contributed by atoms with Gasteiger partial charge in [-0.2, -0.15) is 13.2 Å². The quantitative estimate of drug-likeness (QED) is 0.154. The van der Waals surface area contributed by atoms with E-state index in [-0.39, 0.29) is 4.49 Å². The zero-order chi connectivity index (χ0) is 25.0. The molecule has 0 saturated heterocycles. The summed E-state index contributed by atoms with van der Waals surface area (Å²) in [7, 11) is 0. The number of rotatable bonds is 13. The van der Waals surface area contributed by atoms with Crippen molar-refractivity contribution < 1.29 is 27.5 Å². The lowest BCUT2D eigenvalue weighted by molar-refractivity contribution is -0.137. The molecule has 186 valence electrons. The monoisotopic (exact) mass is 517 g/mol. The van der Waals surface area contributed by atoms with Crippen LogP contribution in [0, 0.1) is 6.92 Å². The molecule has 4 nitrogen and oxygen atoms in total. The van der Waals surface area contributed by atoms with E-state index in [1.165, 1.54) is 18.3 Å². The van der Waals surface area contributed by atoms with Crippen molar-refractivity contribution in [3.05, 3.63) is 69.2 Å². The molecule has 0 radical (unpaired) electrons. The van der Waals surface area contributed by atoms with E-state index in [1.807, 2.05) is 19.1 Å². The van der Waals surface area contributed by atoms with Gasteiger partial charge in [0.25, 0.3) is 0 Å². The van der Waals surface area contributed by atoms with Gasteiger partial charge in [0.2, 0.25) is 0 Å². The maximum atomic E-state index is 12.6. The average molecular weight is 518 g/mol. The number of unbranched alkanes of at least 4 members (excludes halogenated alkanes) is 2. The van der Waals surface area contributed by atoms with Crippen LogP contribution < -0.4 is 9.47 Å². The van der Waals surface area contributed by atoms with Gasteiger partial charge in [-0.3, -0.25) is 0 Å². The van der Waals surface area contributed by atoms with E-state index in [4.69, 9.17) is 37.5 Å². The van der Waals surface area contributed by atoms with E-state index in [0.29, 0.717) is 25.4 Å². The Hall–Kier alpha value is -2.38. The summed E-state index contributed by atoms with van der Waals surface area (Å²) in [6.07, 6.45) is 1.97. The number of hydrogen-bond donors (Lipinski definition) is 0. The Morgan fingerprint density at radius 3 is 2.35 bits per heavy atom. The molecule has 0 spiro atoms. The summed E-state index contributed by atoms with van der Waals surface area (Å²) in [6.45, 7) is 5.33. The first-order valence-electron chi connectivity index (χ1n) is 10.9. The fourth-order valence-corrected chi connectivity index (χ4v) is 3.22. The number of aryl methyl sites for hydroxylation is 2. The molecule has 2 aromatic rings. The Morgan fingerprint density at radius 2 is 1.71 bits per heavy atom. The number of ether oxygens (including phenoxy) is 2. The van der Waals surface area contributed by atoms with Crippen LogP contribution in [0.2, 0.25) is 0 Å². The van der Waals surface area contributed by atoms with Gasteiger partial charge in [-0.15, -0.1) is 0 Å². The van der Waals surface area contributed by atoms with Gasteiger partial charge in [0, 0.05) is 0 Å². The number of halogens is 5. The highest BCUT2D eigenvalue weighted by molar-refractivity contribution is 6.55. The summed E-state index contributed by atoms with van der Waals surface area (Å²) in [5.74, 6) is 1.61. The van der Waals surface area contributed by atoms with Crippen LogP contribution in [0.25, 0.3) is 0 Å². The fraction of sp³-hybridized carbons (Fsp3) is 0.400. The molecule has 2 rings (SSSR count). The molecule has 0 saturated carbocycles. The first-order valence-corrected chi connectivity index (χ1v) is 11.7. The van der Waals surface area contributed by atoms with Gasteiger partial charge >= 0.3 is 6.18 Å². The lowest BCUT2D eigenvalue weighted by Gasteiger charge is -2.15. The number of hydrogen-bond acceptors (Lipinski definition) is 4. The van der Waals surface area contributed by atoms with E-state index in [0.717, 1.165) is 60.4 Å². The summed E-state index contributed by atoms with van der Waals surface area (Å²) in [5.41, 5.74) is 1.91. The zero-order valence-corrected chi connectivity index (χ0v) is 20.6. The van der Waals surface area contributed by atoms with Crippen LogP contribution in [-0.4, -0.2) is 26.0 Å². The van der Waals surface area contributed by atoms with Crippen LogP contribution in [0.3, 0.4) is 0 Å². The molecule has 0 fully saturated rings. The molecule has 0 aliphatic carbocycles. The van der Waals surface area contributed by atoms with Crippen molar-refractivity contribution in [3.63, 3.8) is 0 Å². The number of nitrogens with zero attached hydrogens (tertiary/aromatic N) is 1. The normalized spacial score (nSPS) is 11.5. The molecule has 0 aliphatic heterocycles. The Bertz CT molecular complexity index is 957. The van der Waals surface area contributed by atoms with Gasteiger partial charge in [0.05, 0.1) is 18.4 Å². The fourth-order valence-electron chi connectivity index (χ4n) is 3.09. The predicted octanol–water partition coefficient (Wildman–Crippen LogP) is 7.87. The van der Waals surface area contributed by atoms with Crippen LogP contribution in [-0.2, 0) is 17.4 Å². The zero-order valence-electron chi connectivity index (χ0n) is 19.1. The Morgan fingerprint density at radius 1 is 1.00 bits per heavy atom. The molecule has 9 heteroatoms. The molecule has 2 aromatic carbocycles. The van der Waals surface area contributed by atoms with Crippen LogP contribution >= 0.6 is 23.2 Å². The van der Waals surface area contributed by atoms with Crippen LogP contribution in [0.4, 0.5) is 13.2 Å². The third-order valence-corrected chi connectivity index (χ3v) is 5.14. The van der Waals surface area contributed by atoms with Crippen molar-refractivity contribution in [1.82, 2.24) is 0 Å². The standard InChI is InChI=1S/C25H28Cl2F3NO3/c1-3-20-16-22(32-14-11-23(26)27)15-18(2)24(20)33-12-5-4-6-13-34-31-17-19-7-9-21(10-8-19)25(28,29)30/h7-11,15-17H,3-6,12-14H2,1-2H3. The number of benzene rings is 2. The van der Waals surface area contributed by atoms with E-state index >= 15 is 0 Å². The molecule has 0 unspecified atom stereocenters. The van der Waals surface area contributed by atoms with E-state index in [2.05, 4.69) is 12.1 Å². The molecule has 0 N–H and O–H groups in total. The summed E-state index contributed by atoms with van der Waals surface area (Å²) in [5, 5.41) is 3.80. The lowest BCUT2D eigenvalue weighted by atomic mass is 10.1. The van der Waals surface area contributed by atoms with Gasteiger partial charge in [0.15, 0.2) is 0 Å². The van der Waals surface area contributed by atoms with Gasteiger partial charge < -0.3 is 14.3 Å². The van der Waals surface area contributed by atoms with Crippen molar-refractivity contribution in [2.24, 2.45) is 5.16 Å². The number of alkyl halides is 3. The molecule has 0 heterocycles. The van der Waals surface area contributed by atoms with E-state index in [9.17, 15) is 13.2 Å². The Labute approximate surface area is 208 Å². The highest BCUT2D eigenvalue weighted by atomic mass is 35.5. The smallest absolute Gasteiger partial charge is 0.416 e. The molecular formula is C25H28Cl2F3NO3. The van der Waals surface area contributed by atoms with Crippen molar-refractivity contribution >= 4 is 29.4 Å².